The molecule has 0 radical (unpaired) electrons. The summed E-state index contributed by atoms with van der Waals surface area (Å²) < 4.78 is 17.0. The summed E-state index contributed by atoms with van der Waals surface area (Å²) in [5, 5.41) is 0. The summed E-state index contributed by atoms with van der Waals surface area (Å²) in [5.74, 6) is 0. The zero-order valence-corrected chi connectivity index (χ0v) is 10.1. The fourth-order valence-corrected chi connectivity index (χ4v) is 3.59. The van der Waals surface area contributed by atoms with E-state index in [-0.39, 0.29) is 11.8 Å². The fraction of sp³-hybridized carbons (Fsp3) is 1.00. The molecule has 1 atom stereocenters. The van der Waals surface area contributed by atoms with Gasteiger partial charge in [-0.1, -0.05) is 26.2 Å². The van der Waals surface area contributed by atoms with Gasteiger partial charge in [0.2, 0.25) is 0 Å². The molecule has 1 aliphatic rings. The lowest BCUT2D eigenvalue weighted by Gasteiger charge is -2.34. The molecule has 0 heterocycles. The van der Waals surface area contributed by atoms with Gasteiger partial charge < -0.3 is 9.42 Å². The van der Waals surface area contributed by atoms with Crippen molar-refractivity contribution in [1.82, 2.24) is 0 Å². The second-order valence-electron chi connectivity index (χ2n) is 4.46. The Balaban J connectivity index is 2.52. The van der Waals surface area contributed by atoms with Gasteiger partial charge in [-0.3, -0.25) is 4.57 Å². The summed E-state index contributed by atoms with van der Waals surface area (Å²) in [7, 11) is -3.33. The summed E-state index contributed by atoms with van der Waals surface area (Å²) in [6, 6.07) is 0. The van der Waals surface area contributed by atoms with Crippen molar-refractivity contribution in [3.8, 4) is 0 Å². The molecule has 4 heteroatoms. The average molecular weight is 220 g/mol. The minimum atomic E-state index is -3.33. The fourth-order valence-electron chi connectivity index (χ4n) is 2.06. The van der Waals surface area contributed by atoms with Gasteiger partial charge in [0.15, 0.2) is 0 Å². The van der Waals surface area contributed by atoms with Crippen LogP contribution in [0.4, 0.5) is 0 Å². The smallest absolute Gasteiger partial charge is 0.324 e. The van der Waals surface area contributed by atoms with Crippen LogP contribution in [0.5, 0.6) is 0 Å². The largest absolute Gasteiger partial charge is 0.328 e. The lowest BCUT2D eigenvalue weighted by atomic mass is 9.87. The van der Waals surface area contributed by atoms with Gasteiger partial charge in [0, 0.05) is 6.16 Å². The summed E-state index contributed by atoms with van der Waals surface area (Å²) >= 11 is 0. The van der Waals surface area contributed by atoms with Gasteiger partial charge >= 0.3 is 7.60 Å². The Labute approximate surface area is 86.4 Å². The summed E-state index contributed by atoms with van der Waals surface area (Å²) in [5.41, 5.74) is -0.350. The van der Waals surface area contributed by atoms with Crippen LogP contribution in [-0.4, -0.2) is 16.7 Å². The van der Waals surface area contributed by atoms with Crippen LogP contribution in [0.1, 0.15) is 52.4 Å². The maximum absolute atomic E-state index is 11.6. The van der Waals surface area contributed by atoms with Crippen LogP contribution < -0.4 is 0 Å². The molecule has 0 aromatic heterocycles. The Bertz CT molecular complexity index is 221. The van der Waals surface area contributed by atoms with E-state index in [1.54, 1.807) is 0 Å². The molecule has 3 nitrogen and oxygen atoms in total. The molecule has 0 spiro atoms. The molecule has 0 saturated heterocycles. The van der Waals surface area contributed by atoms with Crippen LogP contribution in [0.3, 0.4) is 0 Å². The molecule has 1 unspecified atom stereocenters. The van der Waals surface area contributed by atoms with Crippen LogP contribution in [0, 0.1) is 0 Å². The molecule has 84 valence electrons. The van der Waals surface area contributed by atoms with Crippen molar-refractivity contribution in [3.05, 3.63) is 0 Å². The van der Waals surface area contributed by atoms with Crippen LogP contribution >= 0.6 is 7.60 Å². The van der Waals surface area contributed by atoms with E-state index >= 15 is 0 Å². The third-order valence-electron chi connectivity index (χ3n) is 2.78. The monoisotopic (exact) mass is 220 g/mol. The van der Waals surface area contributed by atoms with Crippen molar-refractivity contribution in [2.45, 2.75) is 58.0 Å². The topological polar surface area (TPSA) is 46.5 Å². The predicted octanol–water partition coefficient (Wildman–Crippen LogP) is 3.32. The first-order valence-electron chi connectivity index (χ1n) is 5.50. The molecule has 1 fully saturated rings. The highest BCUT2D eigenvalue weighted by molar-refractivity contribution is 7.52. The van der Waals surface area contributed by atoms with Crippen LogP contribution in [0.2, 0.25) is 0 Å². The van der Waals surface area contributed by atoms with Crippen molar-refractivity contribution >= 4 is 7.60 Å². The molecule has 14 heavy (non-hydrogen) atoms. The van der Waals surface area contributed by atoms with E-state index in [1.807, 2.05) is 13.8 Å². The van der Waals surface area contributed by atoms with Gasteiger partial charge in [0.05, 0.1) is 5.60 Å². The van der Waals surface area contributed by atoms with Crippen molar-refractivity contribution in [2.75, 3.05) is 6.16 Å². The normalized spacial score (nSPS) is 25.6. The maximum Gasteiger partial charge on any atom is 0.328 e. The lowest BCUT2D eigenvalue weighted by molar-refractivity contribution is 0.0376. The molecule has 0 aromatic rings. The first kappa shape index (κ1) is 12.2. The predicted molar refractivity (Wildman–Crippen MR) is 57.6 cm³/mol. The molecule has 0 aromatic carbocycles. The minimum absolute atomic E-state index is 0.280. The highest BCUT2D eigenvalue weighted by atomic mass is 31.2. The second-order valence-corrected chi connectivity index (χ2v) is 6.37. The Hall–Kier alpha value is 0.150. The van der Waals surface area contributed by atoms with Gasteiger partial charge in [0.25, 0.3) is 0 Å². The van der Waals surface area contributed by atoms with Gasteiger partial charge in [-0.2, -0.15) is 0 Å². The molecule has 1 aliphatic carbocycles. The lowest BCUT2D eigenvalue weighted by Crippen LogP contribution is -2.30. The minimum Gasteiger partial charge on any atom is -0.324 e. The first-order valence-corrected chi connectivity index (χ1v) is 7.26. The van der Waals surface area contributed by atoms with E-state index in [4.69, 9.17) is 4.52 Å². The van der Waals surface area contributed by atoms with Gasteiger partial charge in [0.1, 0.15) is 0 Å². The summed E-state index contributed by atoms with van der Waals surface area (Å²) in [6.07, 6.45) is 6.27. The van der Waals surface area contributed by atoms with Gasteiger partial charge in [-0.15, -0.1) is 0 Å². The number of hydrogen-bond donors (Lipinski definition) is 1. The van der Waals surface area contributed by atoms with Crippen molar-refractivity contribution in [3.63, 3.8) is 0 Å². The van der Waals surface area contributed by atoms with E-state index in [0.29, 0.717) is 6.42 Å². The maximum atomic E-state index is 11.6. The number of hydrogen-bond acceptors (Lipinski definition) is 2. The Morgan fingerprint density at radius 2 is 1.93 bits per heavy atom. The highest BCUT2D eigenvalue weighted by Gasteiger charge is 2.34. The molecular weight excluding hydrogens is 199 g/mol. The van der Waals surface area contributed by atoms with Gasteiger partial charge in [-0.25, -0.2) is 0 Å². The van der Waals surface area contributed by atoms with Crippen molar-refractivity contribution in [1.29, 1.82) is 0 Å². The van der Waals surface area contributed by atoms with Gasteiger partial charge in [-0.05, 0) is 26.2 Å². The molecular formula is C10H21O3P. The third kappa shape index (κ3) is 3.72. The SMILES string of the molecule is CCCP(=O)(O)OC1(C)CCCCC1. The van der Waals surface area contributed by atoms with E-state index in [2.05, 4.69) is 0 Å². The zero-order valence-electron chi connectivity index (χ0n) is 9.16. The molecule has 1 saturated carbocycles. The molecule has 1 N–H and O–H groups in total. The number of rotatable bonds is 4. The van der Waals surface area contributed by atoms with E-state index in [9.17, 15) is 9.46 Å². The summed E-state index contributed by atoms with van der Waals surface area (Å²) in [6.45, 7) is 3.86. The van der Waals surface area contributed by atoms with Crippen LogP contribution in [0.25, 0.3) is 0 Å². The summed E-state index contributed by atoms with van der Waals surface area (Å²) in [4.78, 5) is 9.57. The molecule has 0 bridgehead atoms. The van der Waals surface area contributed by atoms with E-state index in [1.165, 1.54) is 6.42 Å². The average Bonchev–Trinajstić information content (AvgIpc) is 2.02. The molecule has 1 rings (SSSR count). The van der Waals surface area contributed by atoms with Crippen molar-refractivity contribution < 1.29 is 14.0 Å². The molecule has 0 aliphatic heterocycles. The van der Waals surface area contributed by atoms with E-state index in [0.717, 1.165) is 25.7 Å². The Morgan fingerprint density at radius 3 is 2.43 bits per heavy atom. The quantitative estimate of drug-likeness (QED) is 0.739. The van der Waals surface area contributed by atoms with Crippen molar-refractivity contribution in [2.24, 2.45) is 0 Å². The molecule has 0 amide bonds. The highest BCUT2D eigenvalue weighted by Crippen LogP contribution is 2.50. The third-order valence-corrected chi connectivity index (χ3v) is 4.52. The van der Waals surface area contributed by atoms with Crippen LogP contribution in [-0.2, 0) is 9.09 Å². The standard InChI is InChI=1S/C10H21O3P/c1-3-9-14(11,12)13-10(2)7-5-4-6-8-10/h3-9H2,1-2H3,(H,11,12). The van der Waals surface area contributed by atoms with E-state index < -0.39 is 7.60 Å². The first-order chi connectivity index (χ1) is 6.47. The Kier molecular flexibility index (Phi) is 4.17. The zero-order chi connectivity index (χ0) is 10.7. The second kappa shape index (κ2) is 4.78. The Morgan fingerprint density at radius 1 is 1.36 bits per heavy atom. The van der Waals surface area contributed by atoms with Crippen LogP contribution in [0.15, 0.2) is 0 Å².